The van der Waals surface area contributed by atoms with Crippen molar-refractivity contribution in [1.29, 1.82) is 0 Å². The van der Waals surface area contributed by atoms with Crippen molar-refractivity contribution >= 4 is 10.9 Å². The number of para-hydroxylation sites is 1. The third kappa shape index (κ3) is 2.59. The van der Waals surface area contributed by atoms with Gasteiger partial charge in [0.2, 0.25) is 0 Å². The number of aryl methyl sites for hydroxylation is 2. The number of aromatic nitrogens is 1. The fraction of sp³-hybridized carbons (Fsp3) is 0.0870. The Bertz CT molecular complexity index is 996. The SMILES string of the molecule is Cc1ccc(-c2cnc3ccccc3c2-c2ccc(C)cc2)cc1. The van der Waals surface area contributed by atoms with Crippen LogP contribution in [0.15, 0.2) is 79.0 Å². The molecule has 0 saturated heterocycles. The topological polar surface area (TPSA) is 12.9 Å². The molecular weight excluding hydrogens is 290 g/mol. The van der Waals surface area contributed by atoms with Gasteiger partial charge in [-0.25, -0.2) is 0 Å². The molecule has 0 bridgehead atoms. The third-order valence-electron chi connectivity index (χ3n) is 4.48. The van der Waals surface area contributed by atoms with Gasteiger partial charge in [0.05, 0.1) is 5.52 Å². The lowest BCUT2D eigenvalue weighted by molar-refractivity contribution is 1.39. The molecule has 4 rings (SSSR count). The highest BCUT2D eigenvalue weighted by Crippen LogP contribution is 2.37. The smallest absolute Gasteiger partial charge is 0.0708 e. The lowest BCUT2D eigenvalue weighted by atomic mass is 9.92. The van der Waals surface area contributed by atoms with Crippen LogP contribution < -0.4 is 0 Å². The quantitative estimate of drug-likeness (QED) is 0.430. The van der Waals surface area contributed by atoms with Crippen LogP contribution in [0.25, 0.3) is 33.2 Å². The van der Waals surface area contributed by atoms with E-state index in [9.17, 15) is 0 Å². The second-order valence-electron chi connectivity index (χ2n) is 6.30. The number of hydrogen-bond acceptors (Lipinski definition) is 1. The standard InChI is InChI=1S/C23H19N/c1-16-7-11-18(12-8-16)21-15-24-22-6-4-3-5-20(22)23(21)19-13-9-17(2)10-14-19/h3-15H,1-2H3. The van der Waals surface area contributed by atoms with Crippen LogP contribution in [-0.4, -0.2) is 4.98 Å². The monoisotopic (exact) mass is 309 g/mol. The molecule has 116 valence electrons. The van der Waals surface area contributed by atoms with Gasteiger partial charge in [0, 0.05) is 22.7 Å². The minimum absolute atomic E-state index is 1.03. The fourth-order valence-electron chi connectivity index (χ4n) is 3.12. The maximum Gasteiger partial charge on any atom is 0.0708 e. The fourth-order valence-corrected chi connectivity index (χ4v) is 3.12. The predicted molar refractivity (Wildman–Crippen MR) is 102 cm³/mol. The summed E-state index contributed by atoms with van der Waals surface area (Å²) in [4.78, 5) is 4.68. The Kier molecular flexibility index (Phi) is 3.62. The van der Waals surface area contributed by atoms with Gasteiger partial charge in [-0.15, -0.1) is 0 Å². The molecule has 0 unspecified atom stereocenters. The Hall–Kier alpha value is -2.93. The number of benzene rings is 3. The van der Waals surface area contributed by atoms with Crippen molar-refractivity contribution in [2.75, 3.05) is 0 Å². The molecule has 0 radical (unpaired) electrons. The number of pyridine rings is 1. The van der Waals surface area contributed by atoms with Crippen molar-refractivity contribution in [2.45, 2.75) is 13.8 Å². The third-order valence-corrected chi connectivity index (χ3v) is 4.48. The van der Waals surface area contributed by atoms with E-state index < -0.39 is 0 Å². The molecule has 0 fully saturated rings. The lowest BCUT2D eigenvalue weighted by Gasteiger charge is -2.14. The summed E-state index contributed by atoms with van der Waals surface area (Å²) in [5, 5.41) is 1.19. The van der Waals surface area contributed by atoms with E-state index in [1.807, 2.05) is 12.3 Å². The summed E-state index contributed by atoms with van der Waals surface area (Å²) in [6, 6.07) is 25.8. The maximum absolute atomic E-state index is 4.68. The molecule has 0 amide bonds. The van der Waals surface area contributed by atoms with Crippen molar-refractivity contribution in [3.8, 4) is 22.3 Å². The van der Waals surface area contributed by atoms with E-state index in [1.165, 1.54) is 38.8 Å². The van der Waals surface area contributed by atoms with Crippen molar-refractivity contribution in [2.24, 2.45) is 0 Å². The molecule has 4 aromatic rings. The number of rotatable bonds is 2. The van der Waals surface area contributed by atoms with Crippen LogP contribution in [0.2, 0.25) is 0 Å². The molecule has 24 heavy (non-hydrogen) atoms. The van der Waals surface area contributed by atoms with E-state index in [2.05, 4.69) is 85.6 Å². The molecule has 0 aliphatic heterocycles. The molecule has 0 aliphatic rings. The Balaban J connectivity index is 2.04. The molecular formula is C23H19N. The molecule has 3 aromatic carbocycles. The first-order valence-electron chi connectivity index (χ1n) is 8.24. The molecule has 1 heteroatoms. The summed E-state index contributed by atoms with van der Waals surface area (Å²) < 4.78 is 0. The van der Waals surface area contributed by atoms with Crippen molar-refractivity contribution in [1.82, 2.24) is 4.98 Å². The first-order valence-corrected chi connectivity index (χ1v) is 8.24. The van der Waals surface area contributed by atoms with Gasteiger partial charge >= 0.3 is 0 Å². The summed E-state index contributed by atoms with van der Waals surface area (Å²) >= 11 is 0. The van der Waals surface area contributed by atoms with Gasteiger partial charge in [-0.1, -0.05) is 77.9 Å². The van der Waals surface area contributed by atoms with Gasteiger partial charge in [0.1, 0.15) is 0 Å². The Morgan fingerprint density at radius 2 is 1.21 bits per heavy atom. The predicted octanol–water partition coefficient (Wildman–Crippen LogP) is 6.19. The Labute approximate surface area is 142 Å². The van der Waals surface area contributed by atoms with E-state index in [1.54, 1.807) is 0 Å². The number of fused-ring (bicyclic) bond motifs is 1. The summed E-state index contributed by atoms with van der Waals surface area (Å²) in [6.45, 7) is 4.23. The summed E-state index contributed by atoms with van der Waals surface area (Å²) in [5.41, 5.74) is 8.44. The first-order chi connectivity index (χ1) is 11.7. The lowest BCUT2D eigenvalue weighted by Crippen LogP contribution is -1.91. The van der Waals surface area contributed by atoms with Gasteiger partial charge in [-0.2, -0.15) is 0 Å². The molecule has 0 saturated carbocycles. The molecule has 0 N–H and O–H groups in total. The average Bonchev–Trinajstić information content (AvgIpc) is 2.62. The first kappa shape index (κ1) is 14.6. The summed E-state index contributed by atoms with van der Waals surface area (Å²) in [7, 11) is 0. The highest BCUT2D eigenvalue weighted by atomic mass is 14.7. The molecule has 1 nitrogen and oxygen atoms in total. The van der Waals surface area contributed by atoms with Crippen LogP contribution in [0.3, 0.4) is 0 Å². The van der Waals surface area contributed by atoms with Gasteiger partial charge in [0.15, 0.2) is 0 Å². The molecule has 0 atom stereocenters. The van der Waals surface area contributed by atoms with Crippen molar-refractivity contribution in [3.63, 3.8) is 0 Å². The van der Waals surface area contributed by atoms with Gasteiger partial charge in [0.25, 0.3) is 0 Å². The second-order valence-corrected chi connectivity index (χ2v) is 6.30. The van der Waals surface area contributed by atoms with E-state index in [0.717, 1.165) is 5.52 Å². The maximum atomic E-state index is 4.68. The zero-order chi connectivity index (χ0) is 16.5. The largest absolute Gasteiger partial charge is 0.256 e. The Morgan fingerprint density at radius 1 is 0.625 bits per heavy atom. The van der Waals surface area contributed by atoms with Crippen LogP contribution in [0, 0.1) is 13.8 Å². The average molecular weight is 309 g/mol. The normalized spacial score (nSPS) is 10.9. The van der Waals surface area contributed by atoms with E-state index >= 15 is 0 Å². The highest BCUT2D eigenvalue weighted by Gasteiger charge is 2.12. The molecule has 1 aromatic heterocycles. The highest BCUT2D eigenvalue weighted by molar-refractivity contribution is 6.02. The minimum atomic E-state index is 1.03. The molecule has 0 aliphatic carbocycles. The van der Waals surface area contributed by atoms with Crippen LogP contribution >= 0.6 is 0 Å². The zero-order valence-electron chi connectivity index (χ0n) is 14.0. The number of nitrogens with zero attached hydrogens (tertiary/aromatic N) is 1. The van der Waals surface area contributed by atoms with Crippen LogP contribution in [0.4, 0.5) is 0 Å². The van der Waals surface area contributed by atoms with Crippen molar-refractivity contribution < 1.29 is 0 Å². The Morgan fingerprint density at radius 3 is 1.88 bits per heavy atom. The zero-order valence-corrected chi connectivity index (χ0v) is 14.0. The molecule has 0 spiro atoms. The van der Waals surface area contributed by atoms with Gasteiger partial charge in [-0.3, -0.25) is 4.98 Å². The summed E-state index contributed by atoms with van der Waals surface area (Å²) in [6.07, 6.45) is 2.00. The van der Waals surface area contributed by atoms with Gasteiger partial charge in [-0.05, 0) is 31.0 Å². The van der Waals surface area contributed by atoms with Crippen LogP contribution in [0.5, 0.6) is 0 Å². The van der Waals surface area contributed by atoms with Crippen LogP contribution in [0.1, 0.15) is 11.1 Å². The van der Waals surface area contributed by atoms with E-state index in [-0.39, 0.29) is 0 Å². The molecule has 1 heterocycles. The van der Waals surface area contributed by atoms with E-state index in [4.69, 9.17) is 0 Å². The second kappa shape index (κ2) is 5.93. The number of hydrogen-bond donors (Lipinski definition) is 0. The summed E-state index contributed by atoms with van der Waals surface area (Å²) in [5.74, 6) is 0. The van der Waals surface area contributed by atoms with Crippen LogP contribution in [-0.2, 0) is 0 Å². The van der Waals surface area contributed by atoms with Crippen molar-refractivity contribution in [3.05, 3.63) is 90.1 Å². The van der Waals surface area contributed by atoms with E-state index in [0.29, 0.717) is 0 Å². The minimum Gasteiger partial charge on any atom is -0.256 e. The van der Waals surface area contributed by atoms with Gasteiger partial charge < -0.3 is 0 Å².